The molecule has 0 atom stereocenters. The van der Waals surface area contributed by atoms with Gasteiger partial charge in [0, 0.05) is 16.9 Å². The fourth-order valence-corrected chi connectivity index (χ4v) is 5.06. The predicted molar refractivity (Wildman–Crippen MR) is 138 cm³/mol. The van der Waals surface area contributed by atoms with Crippen molar-refractivity contribution in [3.05, 3.63) is 93.8 Å². The second-order valence-electron chi connectivity index (χ2n) is 8.17. The molecule has 35 heavy (non-hydrogen) atoms. The predicted octanol–water partition coefficient (Wildman–Crippen LogP) is 5.10. The zero-order valence-electron chi connectivity index (χ0n) is 19.7. The monoisotopic (exact) mass is 484 g/mol. The van der Waals surface area contributed by atoms with Crippen LogP contribution in [0.4, 0.5) is 0 Å². The van der Waals surface area contributed by atoms with E-state index in [0.29, 0.717) is 33.4 Å². The van der Waals surface area contributed by atoms with Gasteiger partial charge in [-0.05, 0) is 61.4 Å². The number of aryl methyl sites for hydroxylation is 1. The number of ketones is 1. The number of nitrogens with zero attached hydrogens (tertiary/aromatic N) is 4. The van der Waals surface area contributed by atoms with Gasteiger partial charge in [-0.2, -0.15) is 0 Å². The van der Waals surface area contributed by atoms with Crippen LogP contribution in [0.1, 0.15) is 35.3 Å². The van der Waals surface area contributed by atoms with Crippen LogP contribution in [0, 0.1) is 0 Å². The quantitative estimate of drug-likeness (QED) is 0.236. The summed E-state index contributed by atoms with van der Waals surface area (Å²) in [7, 11) is 1.61. The zero-order chi connectivity index (χ0) is 24.5. The number of aromatic nitrogens is 4. The summed E-state index contributed by atoms with van der Waals surface area (Å²) in [4.78, 5) is 25.4. The molecule has 7 nitrogen and oxygen atoms in total. The highest BCUT2D eigenvalue weighted by molar-refractivity contribution is 7.98. The van der Waals surface area contributed by atoms with E-state index in [9.17, 15) is 9.59 Å². The summed E-state index contributed by atoms with van der Waals surface area (Å²) in [6.07, 6.45) is 0.919. The molecule has 0 aliphatic rings. The van der Waals surface area contributed by atoms with E-state index in [2.05, 4.69) is 17.1 Å². The first-order chi connectivity index (χ1) is 17.0. The number of Topliss-reactive ketones (excluding diaryl/α,β-unsaturated/α-hetero) is 1. The second-order valence-corrected chi connectivity index (χ2v) is 9.11. The first kappa shape index (κ1) is 22.9. The molecule has 0 spiro atoms. The van der Waals surface area contributed by atoms with Gasteiger partial charge in [0.15, 0.2) is 10.9 Å². The highest BCUT2D eigenvalue weighted by Gasteiger charge is 2.18. The molecule has 0 amide bonds. The average molecular weight is 485 g/mol. The van der Waals surface area contributed by atoms with Crippen molar-refractivity contribution in [3.63, 3.8) is 0 Å². The third-order valence-corrected chi connectivity index (χ3v) is 7.02. The minimum Gasteiger partial charge on any atom is -0.496 e. The number of hydrogen-bond acceptors (Lipinski definition) is 6. The van der Waals surface area contributed by atoms with E-state index >= 15 is 0 Å². The number of rotatable bonds is 7. The molecule has 0 saturated heterocycles. The second kappa shape index (κ2) is 9.38. The van der Waals surface area contributed by atoms with E-state index in [1.54, 1.807) is 24.7 Å². The van der Waals surface area contributed by atoms with Crippen LogP contribution in [0.2, 0.25) is 0 Å². The maximum Gasteiger partial charge on any atom is 0.267 e. The Hall–Kier alpha value is -3.91. The zero-order valence-corrected chi connectivity index (χ0v) is 20.5. The van der Waals surface area contributed by atoms with Crippen molar-refractivity contribution in [2.75, 3.05) is 7.11 Å². The molecule has 176 valence electrons. The molecule has 0 fully saturated rings. The van der Waals surface area contributed by atoms with Crippen LogP contribution in [-0.4, -0.2) is 32.1 Å². The Morgan fingerprint density at radius 2 is 1.80 bits per heavy atom. The summed E-state index contributed by atoms with van der Waals surface area (Å²) < 4.78 is 9.03. The van der Waals surface area contributed by atoms with Crippen LogP contribution in [0.3, 0.4) is 0 Å². The fourth-order valence-electron chi connectivity index (χ4n) is 4.14. The Bertz CT molecular complexity index is 1620. The number of carbonyl (C=O) groups is 1. The lowest BCUT2D eigenvalue weighted by atomic mass is 10.1. The summed E-state index contributed by atoms with van der Waals surface area (Å²) in [6, 6.07) is 20.8. The Morgan fingerprint density at radius 3 is 2.51 bits per heavy atom. The molecule has 0 saturated carbocycles. The molecule has 2 heterocycles. The molecular weight excluding hydrogens is 460 g/mol. The molecule has 5 rings (SSSR count). The number of hydrogen-bond donors (Lipinski definition) is 0. The van der Waals surface area contributed by atoms with Crippen LogP contribution >= 0.6 is 11.8 Å². The normalized spacial score (nSPS) is 11.3. The van der Waals surface area contributed by atoms with Gasteiger partial charge in [-0.1, -0.05) is 43.0 Å². The van der Waals surface area contributed by atoms with Crippen molar-refractivity contribution in [1.82, 2.24) is 19.2 Å². The van der Waals surface area contributed by atoms with Gasteiger partial charge in [0.25, 0.3) is 5.56 Å². The van der Waals surface area contributed by atoms with Crippen LogP contribution in [0.25, 0.3) is 22.4 Å². The molecule has 0 radical (unpaired) electrons. The van der Waals surface area contributed by atoms with Crippen molar-refractivity contribution in [2.45, 2.75) is 31.2 Å². The van der Waals surface area contributed by atoms with Crippen LogP contribution in [0.5, 0.6) is 5.75 Å². The SMILES string of the molecule is CCc1ccc(-n2c(=O)c3ccccc3n3c(SCc4cc(C(C)=O)ccc4OC)nnc23)cc1. The highest BCUT2D eigenvalue weighted by Crippen LogP contribution is 2.30. The van der Waals surface area contributed by atoms with E-state index in [0.717, 1.165) is 23.2 Å². The van der Waals surface area contributed by atoms with Gasteiger partial charge in [-0.25, -0.2) is 4.57 Å². The molecule has 0 N–H and O–H groups in total. The summed E-state index contributed by atoms with van der Waals surface area (Å²) in [6.45, 7) is 3.64. The van der Waals surface area contributed by atoms with Crippen molar-refractivity contribution in [2.24, 2.45) is 0 Å². The molecular formula is C27H24N4O3S. The Morgan fingerprint density at radius 1 is 1.03 bits per heavy atom. The number of ether oxygens (including phenoxy) is 1. The Balaban J connectivity index is 1.65. The standard InChI is InChI=1S/C27H24N4O3S/c1-4-18-9-12-21(13-10-18)30-25(33)22-7-5-6-8-23(22)31-26(30)28-29-27(31)35-16-20-15-19(17(2)32)11-14-24(20)34-3/h5-15H,4,16H2,1-3H3. The third-order valence-electron chi connectivity index (χ3n) is 6.04. The first-order valence-electron chi connectivity index (χ1n) is 11.3. The van der Waals surface area contributed by atoms with Gasteiger partial charge in [-0.3, -0.25) is 14.0 Å². The van der Waals surface area contributed by atoms with Crippen LogP contribution in [0.15, 0.2) is 76.7 Å². The summed E-state index contributed by atoms with van der Waals surface area (Å²) >= 11 is 1.47. The first-order valence-corrected chi connectivity index (χ1v) is 12.3. The lowest BCUT2D eigenvalue weighted by Crippen LogP contribution is -2.21. The van der Waals surface area contributed by atoms with Gasteiger partial charge < -0.3 is 4.74 Å². The third kappa shape index (κ3) is 4.10. The van der Waals surface area contributed by atoms with Crippen molar-refractivity contribution >= 4 is 34.2 Å². The Kier molecular flexibility index (Phi) is 6.13. The van der Waals surface area contributed by atoms with Gasteiger partial charge >= 0.3 is 0 Å². The van der Waals surface area contributed by atoms with E-state index in [4.69, 9.17) is 4.74 Å². The number of benzene rings is 3. The summed E-state index contributed by atoms with van der Waals surface area (Å²) in [5.74, 6) is 1.67. The van der Waals surface area contributed by atoms with Gasteiger partial charge in [0.2, 0.25) is 5.78 Å². The fraction of sp³-hybridized carbons (Fsp3) is 0.185. The van der Waals surface area contributed by atoms with Gasteiger partial charge in [0.1, 0.15) is 5.75 Å². The average Bonchev–Trinajstić information content (AvgIpc) is 3.31. The van der Waals surface area contributed by atoms with Crippen LogP contribution in [-0.2, 0) is 12.2 Å². The number of fused-ring (bicyclic) bond motifs is 3. The lowest BCUT2D eigenvalue weighted by Gasteiger charge is -2.12. The van der Waals surface area contributed by atoms with E-state index in [1.807, 2.05) is 65.1 Å². The maximum absolute atomic E-state index is 13.5. The number of carbonyl (C=O) groups excluding carboxylic acids is 1. The van der Waals surface area contributed by atoms with Crippen molar-refractivity contribution in [1.29, 1.82) is 0 Å². The molecule has 3 aromatic carbocycles. The van der Waals surface area contributed by atoms with Gasteiger partial charge in [0.05, 0.1) is 23.7 Å². The molecule has 0 unspecified atom stereocenters. The summed E-state index contributed by atoms with van der Waals surface area (Å²) in [5.41, 5.74) is 4.04. The molecule has 0 aliphatic carbocycles. The van der Waals surface area contributed by atoms with Crippen LogP contribution < -0.4 is 10.3 Å². The molecule has 0 bridgehead atoms. The van der Waals surface area contributed by atoms with Crippen molar-refractivity contribution in [3.8, 4) is 11.4 Å². The smallest absolute Gasteiger partial charge is 0.267 e. The summed E-state index contributed by atoms with van der Waals surface area (Å²) in [5, 5.41) is 10.1. The number of para-hydroxylation sites is 1. The number of methoxy groups -OCH3 is 1. The minimum atomic E-state index is -0.142. The van der Waals surface area contributed by atoms with E-state index in [1.165, 1.54) is 17.3 Å². The number of thioether (sulfide) groups is 1. The molecule has 2 aromatic heterocycles. The van der Waals surface area contributed by atoms with E-state index in [-0.39, 0.29) is 11.3 Å². The minimum absolute atomic E-state index is 0.00377. The van der Waals surface area contributed by atoms with Crippen molar-refractivity contribution < 1.29 is 9.53 Å². The maximum atomic E-state index is 13.5. The lowest BCUT2D eigenvalue weighted by molar-refractivity contribution is 0.101. The largest absolute Gasteiger partial charge is 0.496 e. The Labute approximate surface area is 206 Å². The molecule has 0 aliphatic heterocycles. The highest BCUT2D eigenvalue weighted by atomic mass is 32.2. The topological polar surface area (TPSA) is 78.5 Å². The molecule has 5 aromatic rings. The van der Waals surface area contributed by atoms with E-state index < -0.39 is 0 Å². The molecule has 8 heteroatoms. The van der Waals surface area contributed by atoms with Gasteiger partial charge in [-0.15, -0.1) is 10.2 Å².